The number of aliphatic carboxylic acids is 1. The number of hydrogen-bond acceptors (Lipinski definition) is 3. The predicted octanol–water partition coefficient (Wildman–Crippen LogP) is 2.89. The van der Waals surface area contributed by atoms with Crippen molar-refractivity contribution in [1.82, 2.24) is 10.2 Å². The van der Waals surface area contributed by atoms with Crippen LogP contribution in [0.1, 0.15) is 13.3 Å². The summed E-state index contributed by atoms with van der Waals surface area (Å²) in [5.41, 5.74) is 0. The van der Waals surface area contributed by atoms with Gasteiger partial charge >= 0.3 is 18.2 Å². The summed E-state index contributed by atoms with van der Waals surface area (Å²) in [6.45, 7) is 0.517. The number of rotatable bonds is 6. The molecule has 0 bridgehead atoms. The van der Waals surface area contributed by atoms with Crippen LogP contribution in [0.3, 0.4) is 0 Å². The molecular formula is C17H20F4N2O4. The van der Waals surface area contributed by atoms with Gasteiger partial charge in [-0.1, -0.05) is 13.0 Å². The van der Waals surface area contributed by atoms with E-state index in [0.29, 0.717) is 6.42 Å². The summed E-state index contributed by atoms with van der Waals surface area (Å²) < 4.78 is 57.7. The summed E-state index contributed by atoms with van der Waals surface area (Å²) in [6, 6.07) is 4.63. The van der Waals surface area contributed by atoms with Gasteiger partial charge in [0.1, 0.15) is 17.7 Å². The summed E-state index contributed by atoms with van der Waals surface area (Å²) in [4.78, 5) is 24.1. The number of hydrogen-bond donors (Lipinski definition) is 2. The molecule has 0 spiro atoms. The topological polar surface area (TPSA) is 78.9 Å². The molecule has 1 aliphatic heterocycles. The highest BCUT2D eigenvalue weighted by Crippen LogP contribution is 2.37. The zero-order chi connectivity index (χ0) is 20.2. The largest absolute Gasteiger partial charge is 0.489 e. The van der Waals surface area contributed by atoms with Gasteiger partial charge in [0.05, 0.1) is 18.4 Å². The maximum atomic E-state index is 13.2. The fourth-order valence-electron chi connectivity index (χ4n) is 2.87. The van der Waals surface area contributed by atoms with E-state index in [1.807, 2.05) is 0 Å². The van der Waals surface area contributed by atoms with E-state index >= 15 is 0 Å². The van der Waals surface area contributed by atoms with Crippen molar-refractivity contribution in [3.8, 4) is 5.75 Å². The zero-order valence-corrected chi connectivity index (χ0v) is 14.5. The number of alkyl halides is 3. The molecule has 2 N–H and O–H groups in total. The van der Waals surface area contributed by atoms with E-state index < -0.39 is 55.0 Å². The molecule has 0 radical (unpaired) electrons. The van der Waals surface area contributed by atoms with E-state index in [-0.39, 0.29) is 12.3 Å². The van der Waals surface area contributed by atoms with Crippen molar-refractivity contribution >= 4 is 12.0 Å². The Bertz CT molecular complexity index is 683. The van der Waals surface area contributed by atoms with Gasteiger partial charge in [-0.25, -0.2) is 9.18 Å². The van der Waals surface area contributed by atoms with Crippen molar-refractivity contribution in [2.75, 3.05) is 19.6 Å². The highest BCUT2D eigenvalue weighted by atomic mass is 19.4. The van der Waals surface area contributed by atoms with E-state index in [9.17, 15) is 27.2 Å². The van der Waals surface area contributed by atoms with E-state index in [0.717, 1.165) is 4.90 Å². The quantitative estimate of drug-likeness (QED) is 0.730. The van der Waals surface area contributed by atoms with Crippen molar-refractivity contribution < 1.29 is 37.0 Å². The number of nitrogens with one attached hydrogen (secondary N) is 1. The Morgan fingerprint density at radius 1 is 1.37 bits per heavy atom. The average molecular weight is 392 g/mol. The van der Waals surface area contributed by atoms with Gasteiger partial charge in [0, 0.05) is 19.2 Å². The SMILES string of the molecule is CCC(CNC(=O)N1C[C@@H](C(F)(F)F)[C@H](C(=O)O)C1)Oc1cccc(F)c1. The van der Waals surface area contributed by atoms with Crippen molar-refractivity contribution in [3.05, 3.63) is 30.1 Å². The predicted molar refractivity (Wildman–Crippen MR) is 86.7 cm³/mol. The third-order valence-electron chi connectivity index (χ3n) is 4.38. The minimum atomic E-state index is -4.70. The summed E-state index contributed by atoms with van der Waals surface area (Å²) in [6.07, 6.45) is -4.77. The Morgan fingerprint density at radius 2 is 2.07 bits per heavy atom. The van der Waals surface area contributed by atoms with Crippen LogP contribution >= 0.6 is 0 Å². The third-order valence-corrected chi connectivity index (χ3v) is 4.38. The van der Waals surface area contributed by atoms with E-state index in [1.54, 1.807) is 13.0 Å². The normalized spacial score (nSPS) is 21.0. The zero-order valence-electron chi connectivity index (χ0n) is 14.5. The second-order valence-electron chi connectivity index (χ2n) is 6.29. The summed E-state index contributed by atoms with van der Waals surface area (Å²) in [5.74, 6) is -5.61. The lowest BCUT2D eigenvalue weighted by Crippen LogP contribution is -2.43. The fourth-order valence-corrected chi connectivity index (χ4v) is 2.87. The highest BCUT2D eigenvalue weighted by molar-refractivity contribution is 5.77. The monoisotopic (exact) mass is 392 g/mol. The minimum absolute atomic E-state index is 0.0171. The van der Waals surface area contributed by atoms with Gasteiger partial charge in [0.25, 0.3) is 0 Å². The van der Waals surface area contributed by atoms with Crippen LogP contribution in [0.2, 0.25) is 0 Å². The molecule has 10 heteroatoms. The first-order valence-corrected chi connectivity index (χ1v) is 8.36. The van der Waals surface area contributed by atoms with Gasteiger partial charge in [-0.3, -0.25) is 4.79 Å². The summed E-state index contributed by atoms with van der Waals surface area (Å²) >= 11 is 0. The molecule has 0 aliphatic carbocycles. The van der Waals surface area contributed by atoms with Crippen molar-refractivity contribution in [1.29, 1.82) is 0 Å². The maximum absolute atomic E-state index is 13.2. The van der Waals surface area contributed by atoms with Crippen LogP contribution in [-0.4, -0.2) is 53.9 Å². The van der Waals surface area contributed by atoms with Crippen LogP contribution in [0.15, 0.2) is 24.3 Å². The van der Waals surface area contributed by atoms with Gasteiger partial charge in [-0.2, -0.15) is 13.2 Å². The molecule has 1 aromatic carbocycles. The molecule has 27 heavy (non-hydrogen) atoms. The second kappa shape index (κ2) is 8.45. The molecular weight excluding hydrogens is 372 g/mol. The number of urea groups is 1. The Morgan fingerprint density at radius 3 is 2.59 bits per heavy atom. The lowest BCUT2D eigenvalue weighted by atomic mass is 9.96. The second-order valence-corrected chi connectivity index (χ2v) is 6.29. The maximum Gasteiger partial charge on any atom is 0.394 e. The number of halogens is 4. The van der Waals surface area contributed by atoms with Gasteiger partial charge in [0.15, 0.2) is 0 Å². The first-order chi connectivity index (χ1) is 12.6. The van der Waals surface area contributed by atoms with Gasteiger partial charge < -0.3 is 20.1 Å². The summed E-state index contributed by atoms with van der Waals surface area (Å²) in [5, 5.41) is 11.4. The molecule has 1 fully saturated rings. The van der Waals surface area contributed by atoms with Crippen LogP contribution in [0.5, 0.6) is 5.75 Å². The molecule has 3 atom stereocenters. The number of carbonyl (C=O) groups excluding carboxylic acids is 1. The van der Waals surface area contributed by atoms with Crippen LogP contribution in [0, 0.1) is 17.7 Å². The molecule has 6 nitrogen and oxygen atoms in total. The number of carboxylic acids is 1. The highest BCUT2D eigenvalue weighted by Gasteiger charge is 2.53. The van der Waals surface area contributed by atoms with Gasteiger partial charge in [-0.15, -0.1) is 0 Å². The molecule has 0 aromatic heterocycles. The lowest BCUT2D eigenvalue weighted by Gasteiger charge is -2.22. The van der Waals surface area contributed by atoms with Crippen LogP contribution in [-0.2, 0) is 4.79 Å². The Labute approximate surface area is 153 Å². The van der Waals surface area contributed by atoms with Crippen molar-refractivity contribution in [2.24, 2.45) is 11.8 Å². The number of benzene rings is 1. The molecule has 1 aliphatic rings. The molecule has 2 rings (SSSR count). The molecule has 150 valence electrons. The van der Waals surface area contributed by atoms with Crippen LogP contribution < -0.4 is 10.1 Å². The molecule has 1 unspecified atom stereocenters. The number of carboxylic acid groups (broad SMARTS) is 1. The van der Waals surface area contributed by atoms with E-state index in [2.05, 4.69) is 5.32 Å². The first kappa shape index (κ1) is 20.8. The molecule has 1 saturated heterocycles. The number of likely N-dealkylation sites (tertiary alicyclic amines) is 1. The van der Waals surface area contributed by atoms with Crippen molar-refractivity contribution in [3.63, 3.8) is 0 Å². The molecule has 2 amide bonds. The lowest BCUT2D eigenvalue weighted by molar-refractivity contribution is -0.187. The minimum Gasteiger partial charge on any atom is -0.489 e. The van der Waals surface area contributed by atoms with Crippen LogP contribution in [0.25, 0.3) is 0 Å². The number of carbonyl (C=O) groups is 2. The molecule has 1 heterocycles. The molecule has 1 aromatic rings. The van der Waals surface area contributed by atoms with E-state index in [4.69, 9.17) is 9.84 Å². The van der Waals surface area contributed by atoms with Gasteiger partial charge in [-0.05, 0) is 18.6 Å². The van der Waals surface area contributed by atoms with Crippen LogP contribution in [0.4, 0.5) is 22.4 Å². The fraction of sp³-hybridized carbons (Fsp3) is 0.529. The smallest absolute Gasteiger partial charge is 0.394 e. The standard InChI is InChI=1S/C17H20F4N2O4/c1-2-11(27-12-5-3-4-10(18)6-12)7-22-16(26)23-8-13(15(24)25)14(9-23)17(19,20)21/h3-6,11,13-14H,2,7-9H2,1H3,(H,22,26)(H,24,25)/t11?,13-,14-/m1/s1. The summed E-state index contributed by atoms with van der Waals surface area (Å²) in [7, 11) is 0. The van der Waals surface area contributed by atoms with Crippen molar-refractivity contribution in [2.45, 2.75) is 25.6 Å². The Balaban J connectivity index is 1.93. The van der Waals surface area contributed by atoms with E-state index in [1.165, 1.54) is 18.2 Å². The Hall–Kier alpha value is -2.52. The number of nitrogens with zero attached hydrogens (tertiary/aromatic N) is 1. The Kier molecular flexibility index (Phi) is 6.50. The number of ether oxygens (including phenoxy) is 1. The molecule has 0 saturated carbocycles. The van der Waals surface area contributed by atoms with Gasteiger partial charge in [0.2, 0.25) is 0 Å². The third kappa shape index (κ3) is 5.48. The first-order valence-electron chi connectivity index (χ1n) is 8.36. The average Bonchev–Trinajstić information content (AvgIpc) is 3.04. The number of amides is 2.